The summed E-state index contributed by atoms with van der Waals surface area (Å²) in [5, 5.41) is 107. The molecule has 1 aromatic rings. The summed E-state index contributed by atoms with van der Waals surface area (Å²) in [6, 6.07) is -1.60. The van der Waals surface area contributed by atoms with Gasteiger partial charge in [-0.15, -0.1) is 0 Å². The number of amides is 10. The van der Waals surface area contributed by atoms with Gasteiger partial charge < -0.3 is 136 Å². The lowest BCUT2D eigenvalue weighted by Crippen LogP contribution is -2.59. The predicted molar refractivity (Wildman–Crippen MR) is 347 cm³/mol. The molecule has 10 amide bonds. The van der Waals surface area contributed by atoms with Crippen LogP contribution in [-0.2, 0) is 97.5 Å². The van der Waals surface area contributed by atoms with E-state index in [1.165, 1.54) is 0 Å². The molecular weight excluding hydrogens is 1370 g/mol. The summed E-state index contributed by atoms with van der Waals surface area (Å²) in [7, 11) is 0. The fraction of sp³-hybridized carbons (Fsp3) is 0.561. The summed E-state index contributed by atoms with van der Waals surface area (Å²) in [4.78, 5) is 200. The van der Waals surface area contributed by atoms with E-state index in [1.807, 2.05) is 16.0 Å². The molecule has 0 aliphatic rings. The Morgan fingerprint density at radius 2 is 0.686 bits per heavy atom. The van der Waals surface area contributed by atoms with Crippen molar-refractivity contribution < 1.29 is 126 Å². The van der Waals surface area contributed by atoms with Gasteiger partial charge in [-0.25, -0.2) is 19.2 Å². The van der Waals surface area contributed by atoms with Crippen LogP contribution in [0.3, 0.4) is 0 Å². The molecule has 28 N–H and O–H groups in total. The van der Waals surface area contributed by atoms with Gasteiger partial charge in [0.05, 0.1) is 78.5 Å². The largest absolute Gasteiger partial charge is 0.481 e. The lowest BCUT2D eigenvalue weighted by atomic mass is 10.0. The van der Waals surface area contributed by atoms with E-state index < -0.39 is 253 Å². The van der Waals surface area contributed by atoms with E-state index in [0.29, 0.717) is 5.56 Å². The first kappa shape index (κ1) is 88.2. The minimum atomic E-state index is -1.94. The third kappa shape index (κ3) is 42.1. The van der Waals surface area contributed by atoms with Crippen molar-refractivity contribution in [3.8, 4) is 0 Å². The van der Waals surface area contributed by atoms with Gasteiger partial charge in [-0.2, -0.15) is 0 Å². The molecule has 1 aromatic carbocycles. The first-order chi connectivity index (χ1) is 48.1. The zero-order valence-corrected chi connectivity index (χ0v) is 55.1. The Bertz CT molecular complexity index is 2800. The number of nitrogens with one attached hydrogen (secondary N) is 16. The molecular formula is C57H89N19O26. The molecule has 0 aliphatic carbocycles. The lowest BCUT2D eigenvalue weighted by molar-refractivity contribution is -0.147. The highest BCUT2D eigenvalue weighted by molar-refractivity contribution is 5.95. The number of carbonyl (C=O) groups excluding carboxylic acids is 10. The smallest absolute Gasteiger partial charge is 0.408 e. The molecule has 0 saturated carbocycles. The molecule has 45 nitrogen and oxygen atoms in total. The monoisotopic (exact) mass is 1460 g/mol. The number of alkyl carbamates (subject to hydrolysis) is 1. The van der Waals surface area contributed by atoms with Crippen molar-refractivity contribution in [1.82, 2.24) is 69.1 Å². The summed E-state index contributed by atoms with van der Waals surface area (Å²) in [6.07, 6.45) is -6.04. The number of nitrogens with two attached hydrogens (primary N) is 3. The van der Waals surface area contributed by atoms with Crippen molar-refractivity contribution in [3.05, 3.63) is 35.9 Å². The van der Waals surface area contributed by atoms with E-state index in [2.05, 4.69) is 53.2 Å². The Balaban J connectivity index is 3.67. The maximum atomic E-state index is 13.8. The summed E-state index contributed by atoms with van der Waals surface area (Å²) in [5.41, 5.74) is 14.6. The second kappa shape index (κ2) is 48.9. The first-order valence-electron chi connectivity index (χ1n) is 31.0. The van der Waals surface area contributed by atoms with Gasteiger partial charge >= 0.3 is 41.9 Å². The Kier molecular flexibility index (Phi) is 42.3. The molecule has 0 fully saturated rings. The molecule has 45 heteroatoms. The van der Waals surface area contributed by atoms with Crippen molar-refractivity contribution in [2.45, 2.75) is 125 Å². The van der Waals surface area contributed by atoms with Gasteiger partial charge in [0.15, 0.2) is 17.9 Å². The first-order valence-corrected chi connectivity index (χ1v) is 31.0. The minimum Gasteiger partial charge on any atom is -0.481 e. The normalized spacial score (nSPS) is 13.0. The summed E-state index contributed by atoms with van der Waals surface area (Å²) in [5.74, 6) is -19.8. The Morgan fingerprint density at radius 3 is 0.951 bits per heavy atom. The van der Waals surface area contributed by atoms with Crippen LogP contribution in [0.4, 0.5) is 4.79 Å². The number of hydrogen-bond donors (Lipinski definition) is 25. The van der Waals surface area contributed by atoms with E-state index in [9.17, 15) is 92.0 Å². The second-order valence-electron chi connectivity index (χ2n) is 22.0. The average Bonchev–Trinajstić information content (AvgIpc) is 0.854. The predicted octanol–water partition coefficient (Wildman–Crippen LogP) is -8.40. The van der Waals surface area contributed by atoms with E-state index in [-0.39, 0.29) is 64.8 Å². The van der Waals surface area contributed by atoms with Crippen molar-refractivity contribution in [2.24, 2.45) is 17.2 Å². The molecule has 102 heavy (non-hydrogen) atoms. The molecule has 0 aromatic heterocycles. The van der Waals surface area contributed by atoms with Gasteiger partial charge in [-0.1, -0.05) is 30.3 Å². The number of carboxylic acid groups (broad SMARTS) is 6. The van der Waals surface area contributed by atoms with Gasteiger partial charge in [0.1, 0.15) is 48.4 Å². The van der Waals surface area contributed by atoms with Crippen LogP contribution in [0, 0.1) is 16.2 Å². The molecule has 0 bridgehead atoms. The van der Waals surface area contributed by atoms with Crippen molar-refractivity contribution in [3.63, 3.8) is 0 Å². The molecule has 568 valence electrons. The van der Waals surface area contributed by atoms with E-state index in [1.54, 1.807) is 30.3 Å². The maximum absolute atomic E-state index is 13.8. The molecule has 0 unspecified atom stereocenters. The van der Waals surface area contributed by atoms with Crippen LogP contribution in [-0.4, -0.2) is 264 Å². The topological polar surface area (TPSA) is 737 Å². The van der Waals surface area contributed by atoms with Crippen LogP contribution in [0.1, 0.15) is 82.6 Å². The van der Waals surface area contributed by atoms with Gasteiger partial charge in [0.2, 0.25) is 53.2 Å². The quantitative estimate of drug-likeness (QED) is 0.0164. The average molecular weight is 1460 g/mol. The SMILES string of the molecule is N=C(N)NCCC[C@H](NC(=O)CCOCC(COCCC(=O)N[C@@H](CCCNC(=N)N)C(=O)NCC(=O)N[C@@H](CC(=O)O)C(=O)O)(COCCC(=O)N[C@@H](CCCNC(=N)N)C(=O)NCC(=O)N[C@@H](CC(=O)O)C(=O)O)NC(=O)OCc1ccccc1)C(=O)NCC(=O)N[C@@H](CC(=O)O)C(=O)O. The van der Waals surface area contributed by atoms with Crippen LogP contribution in [0.15, 0.2) is 30.3 Å². The van der Waals surface area contributed by atoms with Crippen LogP contribution >= 0.6 is 0 Å². The Hall–Kier alpha value is -11.8. The van der Waals surface area contributed by atoms with Crippen LogP contribution < -0.4 is 86.3 Å². The second-order valence-corrected chi connectivity index (χ2v) is 22.0. The van der Waals surface area contributed by atoms with Crippen LogP contribution in [0.2, 0.25) is 0 Å². The zero-order chi connectivity index (χ0) is 76.7. The van der Waals surface area contributed by atoms with Crippen molar-refractivity contribution in [2.75, 3.05) is 78.9 Å². The fourth-order valence-corrected chi connectivity index (χ4v) is 8.43. The number of rotatable bonds is 54. The zero-order valence-electron chi connectivity index (χ0n) is 55.1. The highest BCUT2D eigenvalue weighted by Crippen LogP contribution is 2.13. The van der Waals surface area contributed by atoms with Crippen LogP contribution in [0.25, 0.3) is 0 Å². The highest BCUT2D eigenvalue weighted by Gasteiger charge is 2.36. The molecule has 0 saturated heterocycles. The molecule has 1 rings (SSSR count). The minimum absolute atomic E-state index is 0.0224. The highest BCUT2D eigenvalue weighted by atomic mass is 16.6. The number of benzene rings is 1. The third-order valence-electron chi connectivity index (χ3n) is 13.4. The summed E-state index contributed by atoms with van der Waals surface area (Å²) in [6.45, 7) is -6.48. The van der Waals surface area contributed by atoms with Gasteiger partial charge in [-0.3, -0.25) is 73.8 Å². The van der Waals surface area contributed by atoms with Crippen molar-refractivity contribution >= 4 is 113 Å². The molecule has 0 spiro atoms. The standard InChI is InChI=1S/C57H89N19O26/c58-53(59)64-15-4-9-32(47(89)67-24-41(80)73-35(50(92)93)21-44(83)84)70-38(77)12-18-99-28-57(76-56(98)102-27-31-7-2-1-3-8-31,29-100-19-13-39(78)71-33(10-5-16-65-54(60)61)48(90)68-25-42(81)74-36(51(94)95)22-45(85)86)30-101-20-14-40(79)72-34(11-6-17-66-55(62)63)49(91)69-26-43(82)75-37(52(96)97)23-46(87)88/h1-3,7-8,32-37H,4-6,9-30H2,(H,67,89)(H,68,90)(H,69,91)(H,70,77)(H,71,78)(H,72,79)(H,73,80)(H,74,81)(H,75,82)(H,76,98)(H,83,84)(H,85,86)(H,87,88)(H,92,93)(H,94,95)(H,96,97)(H4,58,59,64)(H4,60,61,65)(H4,62,63,66)/t32-,33-,34-,35-,36-,37-/m0/s1. The molecule has 0 heterocycles. The Morgan fingerprint density at radius 1 is 0.402 bits per heavy atom. The summed E-state index contributed by atoms with van der Waals surface area (Å²) >= 11 is 0. The Labute approximate surface area is 580 Å². The van der Waals surface area contributed by atoms with Crippen LogP contribution in [0.5, 0.6) is 0 Å². The molecule has 6 atom stereocenters. The maximum Gasteiger partial charge on any atom is 0.408 e. The number of aliphatic carboxylic acids is 6. The molecule has 0 radical (unpaired) electrons. The lowest BCUT2D eigenvalue weighted by Gasteiger charge is -2.34. The van der Waals surface area contributed by atoms with E-state index in [4.69, 9.17) is 67.7 Å². The number of carbonyl (C=O) groups is 16. The van der Waals surface area contributed by atoms with Crippen molar-refractivity contribution in [1.29, 1.82) is 16.2 Å². The van der Waals surface area contributed by atoms with Gasteiger partial charge in [-0.05, 0) is 44.1 Å². The van der Waals surface area contributed by atoms with Gasteiger partial charge in [0.25, 0.3) is 0 Å². The third-order valence-corrected chi connectivity index (χ3v) is 13.4. The van der Waals surface area contributed by atoms with E-state index >= 15 is 0 Å². The van der Waals surface area contributed by atoms with Gasteiger partial charge in [0, 0.05) is 38.9 Å². The fourth-order valence-electron chi connectivity index (χ4n) is 8.43. The number of guanidine groups is 3. The van der Waals surface area contributed by atoms with E-state index in [0.717, 1.165) is 0 Å². The number of hydrogen-bond acceptors (Lipinski definition) is 23. The summed E-state index contributed by atoms with van der Waals surface area (Å²) < 4.78 is 23.3. The number of ether oxygens (including phenoxy) is 4. The number of carboxylic acids is 6. The molecule has 0 aliphatic heterocycles.